The topological polar surface area (TPSA) is 81.1 Å². The standard InChI is InChI=1S/C22H29N3O5S/c1-3-24(15-17-8-7-9-20-21(17)30-13-12-29-20)22(26)19-14-18(16-23(19)2)31(27,28)25-10-5-4-6-11-25/h7-9,14,16H,3-6,10-13,15H2,1-2H3. The fourth-order valence-corrected chi connectivity index (χ4v) is 5.68. The minimum absolute atomic E-state index is 0.171. The van der Waals surface area contributed by atoms with Gasteiger partial charge < -0.3 is 18.9 Å². The molecule has 0 saturated carbocycles. The molecule has 0 aliphatic carbocycles. The zero-order valence-corrected chi connectivity index (χ0v) is 18.9. The molecule has 0 atom stereocenters. The van der Waals surface area contributed by atoms with Crippen molar-refractivity contribution in [3.63, 3.8) is 0 Å². The van der Waals surface area contributed by atoms with Gasteiger partial charge in [-0.15, -0.1) is 0 Å². The monoisotopic (exact) mass is 447 g/mol. The average Bonchev–Trinajstić information content (AvgIpc) is 3.20. The van der Waals surface area contributed by atoms with Crippen molar-refractivity contribution in [2.45, 2.75) is 37.6 Å². The molecule has 31 heavy (non-hydrogen) atoms. The van der Waals surface area contributed by atoms with Gasteiger partial charge in [0.2, 0.25) is 10.0 Å². The number of nitrogens with zero attached hydrogens (tertiary/aromatic N) is 3. The second-order valence-corrected chi connectivity index (χ2v) is 9.84. The lowest BCUT2D eigenvalue weighted by Gasteiger charge is -2.25. The third-order valence-corrected chi connectivity index (χ3v) is 7.69. The van der Waals surface area contributed by atoms with Crippen LogP contribution in [-0.2, 0) is 23.6 Å². The molecule has 0 unspecified atom stereocenters. The number of carbonyl (C=O) groups is 1. The van der Waals surface area contributed by atoms with Crippen LogP contribution in [-0.4, -0.2) is 60.9 Å². The summed E-state index contributed by atoms with van der Waals surface area (Å²) in [5.41, 5.74) is 1.21. The number of aromatic nitrogens is 1. The first-order valence-corrected chi connectivity index (χ1v) is 12.2. The molecule has 8 nitrogen and oxygen atoms in total. The normalized spacial score (nSPS) is 16.8. The molecule has 1 saturated heterocycles. The number of hydrogen-bond donors (Lipinski definition) is 0. The van der Waals surface area contributed by atoms with Crippen molar-refractivity contribution in [1.82, 2.24) is 13.8 Å². The van der Waals surface area contributed by atoms with Crippen LogP contribution in [0.5, 0.6) is 11.5 Å². The summed E-state index contributed by atoms with van der Waals surface area (Å²) >= 11 is 0. The lowest BCUT2D eigenvalue weighted by Crippen LogP contribution is -2.35. The van der Waals surface area contributed by atoms with Gasteiger partial charge in [0.05, 0.1) is 0 Å². The smallest absolute Gasteiger partial charge is 0.270 e. The van der Waals surface area contributed by atoms with Gasteiger partial charge in [0, 0.05) is 45.0 Å². The minimum atomic E-state index is -3.60. The van der Waals surface area contributed by atoms with Crippen LogP contribution in [0.4, 0.5) is 0 Å². The van der Waals surface area contributed by atoms with Crippen molar-refractivity contribution in [3.05, 3.63) is 41.7 Å². The van der Waals surface area contributed by atoms with Gasteiger partial charge in [-0.2, -0.15) is 4.31 Å². The Morgan fingerprint density at radius 3 is 2.61 bits per heavy atom. The molecule has 0 bridgehead atoms. The fourth-order valence-electron chi connectivity index (χ4n) is 4.10. The zero-order valence-electron chi connectivity index (χ0n) is 18.0. The van der Waals surface area contributed by atoms with E-state index in [-0.39, 0.29) is 10.8 Å². The van der Waals surface area contributed by atoms with Crippen molar-refractivity contribution in [1.29, 1.82) is 0 Å². The van der Waals surface area contributed by atoms with Crippen LogP contribution in [0.3, 0.4) is 0 Å². The van der Waals surface area contributed by atoms with Crippen LogP contribution >= 0.6 is 0 Å². The lowest BCUT2D eigenvalue weighted by molar-refractivity contribution is 0.0739. The van der Waals surface area contributed by atoms with Gasteiger partial charge in [0.25, 0.3) is 5.91 Å². The molecule has 0 spiro atoms. The molecule has 9 heteroatoms. The largest absolute Gasteiger partial charge is 0.486 e. The Morgan fingerprint density at radius 2 is 1.87 bits per heavy atom. The van der Waals surface area contributed by atoms with Crippen molar-refractivity contribution >= 4 is 15.9 Å². The van der Waals surface area contributed by atoms with Crippen molar-refractivity contribution in [2.24, 2.45) is 7.05 Å². The Bertz CT molecular complexity index is 1060. The summed E-state index contributed by atoms with van der Waals surface area (Å²) in [7, 11) is -1.89. The molecule has 2 aliphatic rings. The summed E-state index contributed by atoms with van der Waals surface area (Å²) in [6.07, 6.45) is 4.32. The van der Waals surface area contributed by atoms with Crippen LogP contribution in [0, 0.1) is 0 Å². The number of amides is 1. The second-order valence-electron chi connectivity index (χ2n) is 7.90. The minimum Gasteiger partial charge on any atom is -0.486 e. The highest BCUT2D eigenvalue weighted by molar-refractivity contribution is 7.89. The van der Waals surface area contributed by atoms with Crippen LogP contribution in [0.1, 0.15) is 42.2 Å². The average molecular weight is 448 g/mol. The van der Waals surface area contributed by atoms with Gasteiger partial charge in [-0.3, -0.25) is 4.79 Å². The number of hydrogen-bond acceptors (Lipinski definition) is 5. The van der Waals surface area contributed by atoms with Crippen molar-refractivity contribution < 1.29 is 22.7 Å². The SMILES string of the molecule is CCN(Cc1cccc2c1OCCO2)C(=O)c1cc(S(=O)(=O)N2CCCCC2)cn1C. The van der Waals surface area contributed by atoms with E-state index in [0.717, 1.165) is 24.8 Å². The summed E-state index contributed by atoms with van der Waals surface area (Å²) in [6.45, 7) is 4.76. The molecule has 3 heterocycles. The summed E-state index contributed by atoms with van der Waals surface area (Å²) < 4.78 is 40.6. The molecule has 0 radical (unpaired) electrons. The molecule has 2 aromatic rings. The Morgan fingerprint density at radius 1 is 1.13 bits per heavy atom. The van der Waals surface area contributed by atoms with Crippen molar-refractivity contribution in [3.8, 4) is 11.5 Å². The lowest BCUT2D eigenvalue weighted by atomic mass is 10.1. The molecule has 1 amide bonds. The molecule has 0 N–H and O–H groups in total. The number of rotatable bonds is 6. The Balaban J connectivity index is 1.57. The Labute approximate surface area is 183 Å². The molecule has 4 rings (SSSR count). The highest BCUT2D eigenvalue weighted by Gasteiger charge is 2.29. The van der Waals surface area contributed by atoms with Crippen molar-refractivity contribution in [2.75, 3.05) is 32.8 Å². The predicted octanol–water partition coefficient (Wildman–Crippen LogP) is 2.63. The fraction of sp³-hybridized carbons (Fsp3) is 0.500. The molecule has 168 valence electrons. The third-order valence-electron chi connectivity index (χ3n) is 5.83. The Hall–Kier alpha value is -2.52. The summed E-state index contributed by atoms with van der Waals surface area (Å²) in [4.78, 5) is 15.2. The first-order valence-electron chi connectivity index (χ1n) is 10.7. The number of ether oxygens (including phenoxy) is 2. The molecule has 2 aliphatic heterocycles. The number of sulfonamides is 1. The molecule has 1 aromatic carbocycles. The summed E-state index contributed by atoms with van der Waals surface area (Å²) in [5, 5.41) is 0. The van der Waals surface area contributed by atoms with Gasteiger partial charge in [-0.1, -0.05) is 18.6 Å². The highest BCUT2D eigenvalue weighted by atomic mass is 32.2. The van der Waals surface area contributed by atoms with Gasteiger partial charge in [-0.05, 0) is 31.9 Å². The summed E-state index contributed by atoms with van der Waals surface area (Å²) in [5.74, 6) is 1.13. The third kappa shape index (κ3) is 4.29. The number of fused-ring (bicyclic) bond motifs is 1. The van der Waals surface area contributed by atoms with E-state index in [1.54, 1.807) is 16.5 Å². The van der Waals surface area contributed by atoms with Gasteiger partial charge in [0.1, 0.15) is 23.8 Å². The maximum absolute atomic E-state index is 13.3. The first kappa shape index (κ1) is 21.7. The molecule has 1 fully saturated rings. The number of aryl methyl sites for hydroxylation is 1. The maximum Gasteiger partial charge on any atom is 0.270 e. The van der Waals surface area contributed by atoms with Gasteiger partial charge in [-0.25, -0.2) is 8.42 Å². The zero-order chi connectivity index (χ0) is 22.0. The molecular formula is C22H29N3O5S. The number of benzene rings is 1. The second kappa shape index (κ2) is 8.92. The molecule has 1 aromatic heterocycles. The summed E-state index contributed by atoms with van der Waals surface area (Å²) in [6, 6.07) is 7.15. The van der Waals surface area contributed by atoms with E-state index in [1.165, 1.54) is 16.6 Å². The number of para-hydroxylation sites is 1. The number of carbonyl (C=O) groups excluding carboxylic acids is 1. The van der Waals surface area contributed by atoms with Gasteiger partial charge >= 0.3 is 0 Å². The van der Waals surface area contributed by atoms with Gasteiger partial charge in [0.15, 0.2) is 11.5 Å². The van der Waals surface area contributed by atoms with Crippen LogP contribution < -0.4 is 9.47 Å². The van der Waals surface area contributed by atoms with E-state index >= 15 is 0 Å². The molecular weight excluding hydrogens is 418 g/mol. The van der Waals surface area contributed by atoms with E-state index < -0.39 is 10.0 Å². The van der Waals surface area contributed by atoms with Crippen LogP contribution in [0.25, 0.3) is 0 Å². The number of piperidine rings is 1. The Kier molecular flexibility index (Phi) is 6.24. The van der Waals surface area contributed by atoms with E-state index in [9.17, 15) is 13.2 Å². The van der Waals surface area contributed by atoms with E-state index in [4.69, 9.17) is 9.47 Å². The van der Waals surface area contributed by atoms with E-state index in [1.807, 2.05) is 25.1 Å². The van der Waals surface area contributed by atoms with E-state index in [2.05, 4.69) is 0 Å². The van der Waals surface area contributed by atoms with Crippen LogP contribution in [0.15, 0.2) is 35.4 Å². The quantitative estimate of drug-likeness (QED) is 0.680. The van der Waals surface area contributed by atoms with E-state index in [0.29, 0.717) is 56.6 Å². The van der Waals surface area contributed by atoms with Crippen LogP contribution in [0.2, 0.25) is 0 Å². The maximum atomic E-state index is 13.3. The predicted molar refractivity (Wildman–Crippen MR) is 116 cm³/mol. The highest BCUT2D eigenvalue weighted by Crippen LogP contribution is 2.34. The first-order chi connectivity index (χ1) is 14.9.